The van der Waals surface area contributed by atoms with Crippen molar-refractivity contribution in [2.75, 3.05) is 20.4 Å². The minimum Gasteiger partial charge on any atom is -0.467 e. The van der Waals surface area contributed by atoms with Crippen molar-refractivity contribution in [3.05, 3.63) is 35.9 Å². The monoisotopic (exact) mass is 365 g/mol. The van der Waals surface area contributed by atoms with Crippen molar-refractivity contribution in [3.8, 4) is 0 Å². The van der Waals surface area contributed by atoms with Crippen LogP contribution in [0.25, 0.3) is 0 Å². The molecule has 2 unspecified atom stereocenters. The summed E-state index contributed by atoms with van der Waals surface area (Å²) >= 11 is 0. The minimum atomic E-state index is -0.714. The van der Waals surface area contributed by atoms with Gasteiger partial charge in [-0.1, -0.05) is 30.3 Å². The predicted octanol–water partition coefficient (Wildman–Crippen LogP) is 2.73. The molecule has 1 aromatic carbocycles. The second-order valence-corrected chi connectivity index (χ2v) is 7.15. The summed E-state index contributed by atoms with van der Waals surface area (Å²) in [5, 5.41) is 0. The van der Waals surface area contributed by atoms with Crippen LogP contribution in [0.2, 0.25) is 0 Å². The van der Waals surface area contributed by atoms with Gasteiger partial charge in [-0.3, -0.25) is 4.90 Å². The fraction of sp³-hybridized carbons (Fsp3) is 0.579. The third kappa shape index (κ3) is 6.00. The molecule has 1 heterocycles. The summed E-state index contributed by atoms with van der Waals surface area (Å²) in [5.41, 5.74) is 0.403. The van der Waals surface area contributed by atoms with Gasteiger partial charge in [0, 0.05) is 6.42 Å². The van der Waals surface area contributed by atoms with Crippen LogP contribution in [0.5, 0.6) is 0 Å². The zero-order chi connectivity index (χ0) is 19.2. The lowest BCUT2D eigenvalue weighted by molar-refractivity contribution is -0.146. The highest BCUT2D eigenvalue weighted by Gasteiger charge is 2.42. The summed E-state index contributed by atoms with van der Waals surface area (Å²) in [7, 11) is 1.30. The molecular weight excluding hydrogens is 338 g/mol. The molecule has 1 saturated heterocycles. The van der Waals surface area contributed by atoms with Crippen molar-refractivity contribution < 1.29 is 28.5 Å². The lowest BCUT2D eigenvalue weighted by Crippen LogP contribution is -2.44. The number of ether oxygens (including phenoxy) is 4. The van der Waals surface area contributed by atoms with Crippen LogP contribution >= 0.6 is 0 Å². The van der Waals surface area contributed by atoms with Crippen LogP contribution in [0.1, 0.15) is 32.8 Å². The van der Waals surface area contributed by atoms with Gasteiger partial charge >= 0.3 is 12.1 Å². The summed E-state index contributed by atoms with van der Waals surface area (Å²) < 4.78 is 21.4. The van der Waals surface area contributed by atoms with Gasteiger partial charge in [0.1, 0.15) is 18.4 Å². The molecule has 1 aromatic rings. The first-order valence-electron chi connectivity index (χ1n) is 8.61. The third-order valence-electron chi connectivity index (χ3n) is 3.86. The minimum absolute atomic E-state index is 0.0790. The van der Waals surface area contributed by atoms with Crippen LogP contribution in [-0.4, -0.2) is 55.2 Å². The van der Waals surface area contributed by atoms with Gasteiger partial charge < -0.3 is 18.9 Å². The average molecular weight is 365 g/mol. The number of carbonyl (C=O) groups is 2. The molecular formula is C19H27NO6. The van der Waals surface area contributed by atoms with Gasteiger partial charge in [-0.15, -0.1) is 0 Å². The van der Waals surface area contributed by atoms with Crippen LogP contribution in [0.3, 0.4) is 0 Å². The Morgan fingerprint density at radius 3 is 2.50 bits per heavy atom. The summed E-state index contributed by atoms with van der Waals surface area (Å²) in [6, 6.07) is 9.04. The van der Waals surface area contributed by atoms with E-state index in [9.17, 15) is 9.59 Å². The van der Waals surface area contributed by atoms with Crippen molar-refractivity contribution in [2.45, 2.75) is 51.5 Å². The van der Waals surface area contributed by atoms with E-state index in [4.69, 9.17) is 18.9 Å². The Balaban J connectivity index is 1.86. The lowest BCUT2D eigenvalue weighted by Gasteiger charge is -2.27. The van der Waals surface area contributed by atoms with Gasteiger partial charge in [0.05, 0.1) is 26.4 Å². The summed E-state index contributed by atoms with van der Waals surface area (Å²) in [4.78, 5) is 25.7. The SMILES string of the molecule is COC(=O)C1CC(OCOCc2ccccc2)CN1C(=O)OC(C)(C)C. The van der Waals surface area contributed by atoms with Crippen LogP contribution in [-0.2, 0) is 30.3 Å². The molecule has 1 aliphatic heterocycles. The second kappa shape index (κ2) is 9.00. The van der Waals surface area contributed by atoms with E-state index < -0.39 is 23.7 Å². The van der Waals surface area contributed by atoms with E-state index in [1.54, 1.807) is 20.8 Å². The Kier molecular flexibility index (Phi) is 6.99. The lowest BCUT2D eigenvalue weighted by atomic mass is 10.2. The Labute approximate surface area is 154 Å². The topological polar surface area (TPSA) is 74.3 Å². The molecule has 7 nitrogen and oxygen atoms in total. The largest absolute Gasteiger partial charge is 0.467 e. The predicted molar refractivity (Wildman–Crippen MR) is 94.3 cm³/mol. The zero-order valence-electron chi connectivity index (χ0n) is 15.8. The maximum absolute atomic E-state index is 12.4. The van der Waals surface area contributed by atoms with E-state index in [1.165, 1.54) is 12.0 Å². The second-order valence-electron chi connectivity index (χ2n) is 7.15. The number of esters is 1. The molecule has 0 spiro atoms. The van der Waals surface area contributed by atoms with Crippen molar-refractivity contribution in [3.63, 3.8) is 0 Å². The Morgan fingerprint density at radius 1 is 1.19 bits per heavy atom. The standard InChI is InChI=1S/C19H27NO6/c1-19(2,3)26-18(22)20-11-15(10-16(20)17(21)23-4)25-13-24-12-14-8-6-5-7-9-14/h5-9,15-16H,10-13H2,1-4H3. The smallest absolute Gasteiger partial charge is 0.411 e. The normalized spacial score (nSPS) is 20.1. The first-order valence-corrected chi connectivity index (χ1v) is 8.61. The fourth-order valence-corrected chi connectivity index (χ4v) is 2.68. The molecule has 0 radical (unpaired) electrons. The van der Waals surface area contributed by atoms with E-state index in [0.29, 0.717) is 13.0 Å². The first kappa shape index (κ1) is 20.2. The molecule has 2 atom stereocenters. The number of hydrogen-bond acceptors (Lipinski definition) is 6. The molecule has 7 heteroatoms. The highest BCUT2D eigenvalue weighted by molar-refractivity contribution is 5.82. The number of carbonyl (C=O) groups excluding carboxylic acids is 2. The molecule has 1 aliphatic rings. The molecule has 0 bridgehead atoms. The summed E-state index contributed by atoms with van der Waals surface area (Å²) in [6.45, 7) is 6.10. The van der Waals surface area contributed by atoms with Gasteiger partial charge in [0.25, 0.3) is 0 Å². The van der Waals surface area contributed by atoms with Crippen molar-refractivity contribution >= 4 is 12.1 Å². The summed E-state index contributed by atoms with van der Waals surface area (Å²) in [5.74, 6) is -0.479. The average Bonchev–Trinajstić information content (AvgIpc) is 3.02. The summed E-state index contributed by atoms with van der Waals surface area (Å²) in [6.07, 6.45) is -0.521. The number of hydrogen-bond donors (Lipinski definition) is 0. The Bertz CT molecular complexity index is 598. The molecule has 1 fully saturated rings. The molecule has 0 aromatic heterocycles. The number of benzene rings is 1. The fourth-order valence-electron chi connectivity index (χ4n) is 2.68. The molecule has 26 heavy (non-hydrogen) atoms. The van der Waals surface area contributed by atoms with E-state index >= 15 is 0 Å². The van der Waals surface area contributed by atoms with Crippen molar-refractivity contribution in [1.29, 1.82) is 0 Å². The van der Waals surface area contributed by atoms with Gasteiger partial charge in [-0.25, -0.2) is 9.59 Å². The molecule has 1 amide bonds. The van der Waals surface area contributed by atoms with Crippen LogP contribution in [0.15, 0.2) is 30.3 Å². The highest BCUT2D eigenvalue weighted by Crippen LogP contribution is 2.24. The Hall–Kier alpha value is -2.12. The first-order chi connectivity index (χ1) is 12.3. The van der Waals surface area contributed by atoms with Crippen LogP contribution in [0.4, 0.5) is 4.79 Å². The van der Waals surface area contributed by atoms with Crippen molar-refractivity contribution in [2.24, 2.45) is 0 Å². The number of methoxy groups -OCH3 is 1. The molecule has 2 rings (SSSR count). The van der Waals surface area contributed by atoms with Crippen molar-refractivity contribution in [1.82, 2.24) is 4.90 Å². The molecule has 144 valence electrons. The quantitative estimate of drug-likeness (QED) is 0.438. The maximum atomic E-state index is 12.4. The highest BCUT2D eigenvalue weighted by atomic mass is 16.7. The number of amides is 1. The van der Waals surface area contributed by atoms with E-state index in [1.807, 2.05) is 30.3 Å². The maximum Gasteiger partial charge on any atom is 0.411 e. The third-order valence-corrected chi connectivity index (χ3v) is 3.86. The van der Waals surface area contributed by atoms with Gasteiger partial charge in [-0.05, 0) is 26.3 Å². The molecule has 0 N–H and O–H groups in total. The number of nitrogens with zero attached hydrogens (tertiary/aromatic N) is 1. The van der Waals surface area contributed by atoms with E-state index in [-0.39, 0.29) is 19.4 Å². The van der Waals surface area contributed by atoms with Gasteiger partial charge in [0.15, 0.2) is 0 Å². The molecule has 0 saturated carbocycles. The number of likely N-dealkylation sites (tertiary alicyclic amines) is 1. The Morgan fingerprint density at radius 2 is 1.88 bits per heavy atom. The number of rotatable bonds is 6. The zero-order valence-corrected chi connectivity index (χ0v) is 15.8. The van der Waals surface area contributed by atoms with Gasteiger partial charge in [0.2, 0.25) is 0 Å². The molecule has 0 aliphatic carbocycles. The van der Waals surface area contributed by atoms with E-state index in [0.717, 1.165) is 5.56 Å². The van der Waals surface area contributed by atoms with Crippen LogP contribution in [0, 0.1) is 0 Å². The van der Waals surface area contributed by atoms with E-state index in [2.05, 4.69) is 0 Å². The van der Waals surface area contributed by atoms with Crippen LogP contribution < -0.4 is 0 Å². The van der Waals surface area contributed by atoms with Gasteiger partial charge in [-0.2, -0.15) is 0 Å².